The van der Waals surface area contributed by atoms with E-state index in [4.69, 9.17) is 17.9 Å². The van der Waals surface area contributed by atoms with Crippen LogP contribution in [0.5, 0.6) is 11.5 Å². The minimum absolute atomic E-state index is 0.0896. The summed E-state index contributed by atoms with van der Waals surface area (Å²) in [5.41, 5.74) is 5.77. The maximum atomic E-state index is 9.19. The number of rotatable bonds is 7. The van der Waals surface area contributed by atoms with Crippen LogP contribution < -0.4 is 18.1 Å². The summed E-state index contributed by atoms with van der Waals surface area (Å²) in [6.07, 6.45) is 5.58. The second-order valence-electron chi connectivity index (χ2n) is 19.4. The van der Waals surface area contributed by atoms with Crippen LogP contribution in [0.25, 0.3) is 72.3 Å². The first-order valence-corrected chi connectivity index (χ1v) is 35.6. The molecular formula is C58H54Ge2N4O. The molecule has 1 aliphatic rings. The summed E-state index contributed by atoms with van der Waals surface area (Å²) in [5, 5.41) is 4.50. The summed E-state index contributed by atoms with van der Waals surface area (Å²) in [4.78, 5) is 4.91. The van der Waals surface area contributed by atoms with E-state index >= 15 is 0 Å². The third kappa shape index (κ3) is 7.24. The van der Waals surface area contributed by atoms with Crippen molar-refractivity contribution in [3.8, 4) is 50.9 Å². The predicted molar refractivity (Wildman–Crippen MR) is 276 cm³/mol. The molecule has 0 bridgehead atoms. The standard InChI is InChI=1S/C58H54Ge2N4O/c1-58(2,3)42-31-34-61-55(35-42)64-50-26-15-14-23-47(50)48-30-29-43(37-53(48)64)65-44-36-49-56(60(6,7)33-32-59(49,4)5)54(38-44)62-39-63(52-28-17-16-27-51(52)62)57-45(40-19-10-8-11-20-40)24-18-25-46(57)41-21-12-9-13-22-41/h8-31,34-38H,32-33H2,1-7H3/i8D,9D,10D,11D,12D,13D,19D,20D,21D,22D. The zero-order valence-electron chi connectivity index (χ0n) is 47.6. The Hall–Kier alpha value is -6.15. The van der Waals surface area contributed by atoms with Gasteiger partial charge in [0, 0.05) is 0 Å². The fraction of sp³-hybridized carbons (Fsp3) is 0.172. The number of pyridine rings is 1. The van der Waals surface area contributed by atoms with Crippen LogP contribution in [0.2, 0.25) is 33.5 Å². The molecule has 0 radical (unpaired) electrons. The van der Waals surface area contributed by atoms with E-state index in [1.54, 1.807) is 22.8 Å². The summed E-state index contributed by atoms with van der Waals surface area (Å²) >= 11 is -5.62. The number of fused-ring (bicyclic) bond motifs is 5. The van der Waals surface area contributed by atoms with Crippen molar-refractivity contribution in [2.45, 2.75) is 59.7 Å². The molecule has 65 heavy (non-hydrogen) atoms. The molecule has 10 aromatic rings. The van der Waals surface area contributed by atoms with Crippen LogP contribution in [0.15, 0.2) is 176 Å². The molecule has 7 aromatic carbocycles. The van der Waals surface area contributed by atoms with Gasteiger partial charge < -0.3 is 0 Å². The molecular weight excluding hydrogens is 914 g/mol. The van der Waals surface area contributed by atoms with E-state index in [-0.39, 0.29) is 33.4 Å². The van der Waals surface area contributed by atoms with Gasteiger partial charge >= 0.3 is 383 Å². The van der Waals surface area contributed by atoms with Gasteiger partial charge in [-0.3, -0.25) is 0 Å². The van der Waals surface area contributed by atoms with Gasteiger partial charge in [0.15, 0.2) is 0 Å². The summed E-state index contributed by atoms with van der Waals surface area (Å²) in [6.45, 7) is 6.60. The number of hydrogen-bond donors (Lipinski definition) is 0. The van der Waals surface area contributed by atoms with Gasteiger partial charge in [-0.25, -0.2) is 0 Å². The first-order chi connectivity index (χ1) is 35.5. The Kier molecular flexibility index (Phi) is 7.69. The van der Waals surface area contributed by atoms with E-state index in [0.29, 0.717) is 17.0 Å². The summed E-state index contributed by atoms with van der Waals surface area (Å²) in [7, 11) is 0. The average molecular weight is 978 g/mol. The number of benzene rings is 7. The van der Waals surface area contributed by atoms with Crippen LogP contribution >= 0.6 is 0 Å². The average Bonchev–Trinajstić information content (AvgIpc) is 3.95. The fourth-order valence-electron chi connectivity index (χ4n) is 9.73. The van der Waals surface area contributed by atoms with E-state index in [1.165, 1.54) is 19.6 Å². The third-order valence-corrected chi connectivity index (χ3v) is 30.6. The first-order valence-electron chi connectivity index (χ1n) is 27.1. The van der Waals surface area contributed by atoms with Gasteiger partial charge in [0.05, 0.1) is 0 Å². The Morgan fingerprint density at radius 3 is 2.00 bits per heavy atom. The van der Waals surface area contributed by atoms with Crippen molar-refractivity contribution in [3.63, 3.8) is 0 Å². The van der Waals surface area contributed by atoms with E-state index in [2.05, 4.69) is 109 Å². The van der Waals surface area contributed by atoms with Crippen LogP contribution in [-0.2, 0) is 5.41 Å². The molecule has 0 spiro atoms. The van der Waals surface area contributed by atoms with Gasteiger partial charge in [0.1, 0.15) is 0 Å². The monoisotopic (exact) mass is 980 g/mol. The fourth-order valence-corrected chi connectivity index (χ4v) is 40.8. The van der Waals surface area contributed by atoms with Crippen molar-refractivity contribution >= 4 is 68.2 Å². The van der Waals surface area contributed by atoms with Crippen LogP contribution in [0.3, 0.4) is 0 Å². The Morgan fingerprint density at radius 1 is 0.646 bits per heavy atom. The van der Waals surface area contributed by atoms with Gasteiger partial charge in [-0.15, -0.1) is 0 Å². The second kappa shape index (κ2) is 15.8. The van der Waals surface area contributed by atoms with E-state index in [0.717, 1.165) is 44.1 Å². The molecule has 4 heterocycles. The molecule has 0 saturated heterocycles. The van der Waals surface area contributed by atoms with E-state index in [1.807, 2.05) is 47.2 Å². The Morgan fingerprint density at radius 2 is 1.29 bits per heavy atom. The SMILES string of the molecule is [2H]c1c([2H])c([2H])c(-c2cccc(-c3c([2H])c([2H])c([2H])c([2H])c3[2H])c2-[n+]2[c-]n(-c3cc(Oc4ccc5c6ccccc6n(-c6cc(C(C)(C)C)ccn6)c5c4)c[c]4[c]3[Ge]([CH3])([CH3])[CH2][CH2][Ge]4([CH3])[CH3])c3ccccc32)c([2H])c1[2H]. The number of nitrogens with zero attached hydrogens (tertiary/aromatic N) is 4. The molecule has 0 saturated carbocycles. The van der Waals surface area contributed by atoms with E-state index in [9.17, 15) is 5.48 Å². The quantitative estimate of drug-likeness (QED) is 0.0906. The molecule has 1 aliphatic heterocycles. The Labute approximate surface area is 401 Å². The molecule has 5 nitrogen and oxygen atoms in total. The van der Waals surface area contributed by atoms with Crippen LogP contribution in [0.1, 0.15) is 40.0 Å². The Balaban J connectivity index is 1.18. The molecule has 0 amide bonds. The van der Waals surface area contributed by atoms with Crippen molar-refractivity contribution in [3.05, 3.63) is 188 Å². The molecule has 0 unspecified atom stereocenters. The number of para-hydroxylation sites is 4. The van der Waals surface area contributed by atoms with Crippen molar-refractivity contribution in [2.24, 2.45) is 0 Å². The first kappa shape index (κ1) is 31.7. The Bertz CT molecular complexity index is 3920. The topological polar surface area (TPSA) is 35.9 Å². The zero-order valence-corrected chi connectivity index (χ0v) is 41.8. The van der Waals surface area contributed by atoms with Crippen LogP contribution in [0.4, 0.5) is 0 Å². The minimum atomic E-state index is -2.86. The van der Waals surface area contributed by atoms with Crippen LogP contribution in [0, 0.1) is 6.33 Å². The summed E-state index contributed by atoms with van der Waals surface area (Å²) < 4.78 is 104. The molecule has 0 atom stereocenters. The van der Waals surface area contributed by atoms with E-state index < -0.39 is 87.0 Å². The molecule has 0 fully saturated rings. The zero-order chi connectivity index (χ0) is 53.4. The van der Waals surface area contributed by atoms with Gasteiger partial charge in [0.2, 0.25) is 0 Å². The maximum absolute atomic E-state index is 9.19. The van der Waals surface area contributed by atoms with Gasteiger partial charge in [-0.2, -0.15) is 0 Å². The number of aromatic nitrogens is 4. The predicted octanol–water partition coefficient (Wildman–Crippen LogP) is 13.5. The normalized spacial score (nSPS) is 16.7. The van der Waals surface area contributed by atoms with Gasteiger partial charge in [0.25, 0.3) is 0 Å². The summed E-state index contributed by atoms with van der Waals surface area (Å²) in [5.74, 6) is 12.0. The van der Waals surface area contributed by atoms with Crippen molar-refractivity contribution in [1.29, 1.82) is 0 Å². The van der Waals surface area contributed by atoms with Gasteiger partial charge in [-0.05, 0) is 0 Å². The molecule has 0 N–H and O–H groups in total. The third-order valence-electron chi connectivity index (χ3n) is 13.2. The van der Waals surface area contributed by atoms with Gasteiger partial charge in [-0.1, -0.05) is 20.8 Å². The van der Waals surface area contributed by atoms with Crippen molar-refractivity contribution in [1.82, 2.24) is 14.1 Å². The number of ether oxygens (including phenoxy) is 1. The molecule has 320 valence electrons. The van der Waals surface area contributed by atoms with Crippen LogP contribution in [-0.4, -0.2) is 40.7 Å². The summed E-state index contributed by atoms with van der Waals surface area (Å²) in [6, 6.07) is 30.9. The number of imidazole rings is 1. The second-order valence-corrected chi connectivity index (χ2v) is 39.5. The van der Waals surface area contributed by atoms with Crippen molar-refractivity contribution in [2.75, 3.05) is 0 Å². The molecule has 11 rings (SSSR count). The molecule has 0 aliphatic carbocycles. The van der Waals surface area contributed by atoms with Crippen molar-refractivity contribution < 1.29 is 23.0 Å². The number of hydrogen-bond acceptors (Lipinski definition) is 2. The molecule has 7 heteroatoms. The molecule has 3 aromatic heterocycles.